The molecular weight excluding hydrogens is 404 g/mol. The quantitative estimate of drug-likeness (QED) is 0.153. The number of carbonyl (C=O) groups is 1. The van der Waals surface area contributed by atoms with Crippen LogP contribution in [0.15, 0.2) is 24.5 Å². The average Bonchev–Trinajstić information content (AvgIpc) is 2.85. The molecule has 3 heteroatoms. The Balaban J connectivity index is 2.21. The second-order valence-corrected chi connectivity index (χ2v) is 9.89. The molecule has 0 atom stereocenters. The molecule has 0 aliphatic rings. The molecule has 0 aliphatic heterocycles. The zero-order valence-electron chi connectivity index (χ0n) is 22.2. The highest BCUT2D eigenvalue weighted by molar-refractivity contribution is 5.94. The fourth-order valence-electron chi connectivity index (χ4n) is 4.57. The lowest BCUT2D eigenvalue weighted by molar-refractivity contribution is 0.0749. The van der Waals surface area contributed by atoms with E-state index in [0.717, 1.165) is 31.5 Å². The van der Waals surface area contributed by atoms with Crippen LogP contribution < -0.4 is 0 Å². The molecule has 1 amide bonds. The Labute approximate surface area is 206 Å². The summed E-state index contributed by atoms with van der Waals surface area (Å²) in [6.45, 7) is 6.35. The predicted octanol–water partition coefficient (Wildman–Crippen LogP) is 9.37. The maximum Gasteiger partial charge on any atom is 0.253 e. The van der Waals surface area contributed by atoms with Crippen LogP contribution in [-0.4, -0.2) is 28.9 Å². The molecular formula is C30H54N2O. The van der Waals surface area contributed by atoms with Gasteiger partial charge in [-0.25, -0.2) is 0 Å². The van der Waals surface area contributed by atoms with Crippen molar-refractivity contribution < 1.29 is 4.79 Å². The lowest BCUT2D eigenvalue weighted by Crippen LogP contribution is -2.33. The molecule has 0 bridgehead atoms. The van der Waals surface area contributed by atoms with Gasteiger partial charge in [0.15, 0.2) is 0 Å². The van der Waals surface area contributed by atoms with Gasteiger partial charge in [0.1, 0.15) is 0 Å². The van der Waals surface area contributed by atoms with Crippen LogP contribution in [0, 0.1) is 0 Å². The van der Waals surface area contributed by atoms with Crippen molar-refractivity contribution in [3.63, 3.8) is 0 Å². The first kappa shape index (κ1) is 29.7. The van der Waals surface area contributed by atoms with Crippen molar-refractivity contribution in [1.29, 1.82) is 0 Å². The Hall–Kier alpha value is -1.38. The summed E-state index contributed by atoms with van der Waals surface area (Å²) in [7, 11) is 0. The summed E-state index contributed by atoms with van der Waals surface area (Å²) in [5, 5.41) is 0. The number of nitrogens with zero attached hydrogens (tertiary/aromatic N) is 2. The number of hydrogen-bond acceptors (Lipinski definition) is 2. The Bertz CT molecular complexity index is 521. The van der Waals surface area contributed by atoms with Crippen LogP contribution in [0.4, 0.5) is 0 Å². The summed E-state index contributed by atoms with van der Waals surface area (Å²) < 4.78 is 0. The van der Waals surface area contributed by atoms with E-state index in [1.807, 2.05) is 12.1 Å². The highest BCUT2D eigenvalue weighted by Crippen LogP contribution is 2.14. The van der Waals surface area contributed by atoms with E-state index in [1.165, 1.54) is 116 Å². The normalized spacial score (nSPS) is 11.1. The van der Waals surface area contributed by atoms with Crippen molar-refractivity contribution in [1.82, 2.24) is 9.88 Å². The van der Waals surface area contributed by atoms with Crippen molar-refractivity contribution in [2.24, 2.45) is 0 Å². The summed E-state index contributed by atoms with van der Waals surface area (Å²) in [5.41, 5.74) is 0.782. The van der Waals surface area contributed by atoms with Gasteiger partial charge in [0, 0.05) is 31.0 Å². The van der Waals surface area contributed by atoms with E-state index in [9.17, 15) is 4.79 Å². The van der Waals surface area contributed by atoms with Gasteiger partial charge in [0.05, 0.1) is 0 Å². The highest BCUT2D eigenvalue weighted by Gasteiger charge is 2.14. The van der Waals surface area contributed by atoms with E-state index in [1.54, 1.807) is 12.4 Å². The number of hydrogen-bond donors (Lipinski definition) is 0. The minimum atomic E-state index is 0.184. The molecule has 0 unspecified atom stereocenters. The van der Waals surface area contributed by atoms with Gasteiger partial charge < -0.3 is 4.90 Å². The molecule has 0 aromatic carbocycles. The molecule has 1 rings (SSSR count). The third kappa shape index (κ3) is 16.8. The Morgan fingerprint density at radius 3 is 1.27 bits per heavy atom. The van der Waals surface area contributed by atoms with Crippen LogP contribution >= 0.6 is 0 Å². The molecule has 0 N–H and O–H groups in total. The van der Waals surface area contributed by atoms with Gasteiger partial charge in [-0.05, 0) is 25.0 Å². The summed E-state index contributed by atoms with van der Waals surface area (Å²) in [5.74, 6) is 0.184. The lowest BCUT2D eigenvalue weighted by atomic mass is 10.1. The number of carbonyl (C=O) groups excluding carboxylic acids is 1. The third-order valence-corrected chi connectivity index (χ3v) is 6.78. The second kappa shape index (κ2) is 22.4. The third-order valence-electron chi connectivity index (χ3n) is 6.78. The van der Waals surface area contributed by atoms with E-state index in [4.69, 9.17) is 0 Å². The highest BCUT2D eigenvalue weighted by atomic mass is 16.2. The van der Waals surface area contributed by atoms with Crippen molar-refractivity contribution >= 4 is 5.91 Å². The van der Waals surface area contributed by atoms with Crippen LogP contribution in [0.2, 0.25) is 0 Å². The summed E-state index contributed by atoms with van der Waals surface area (Å²) in [6.07, 6.45) is 30.1. The molecule has 0 aliphatic carbocycles. The average molecular weight is 459 g/mol. The molecule has 3 nitrogen and oxygen atoms in total. The van der Waals surface area contributed by atoms with Crippen LogP contribution in [-0.2, 0) is 0 Å². The summed E-state index contributed by atoms with van der Waals surface area (Å²) in [4.78, 5) is 19.2. The lowest BCUT2D eigenvalue weighted by Gasteiger charge is -2.23. The van der Waals surface area contributed by atoms with E-state index < -0.39 is 0 Å². The molecule has 190 valence electrons. The fourth-order valence-corrected chi connectivity index (χ4v) is 4.57. The summed E-state index contributed by atoms with van der Waals surface area (Å²) in [6, 6.07) is 3.71. The molecule has 1 heterocycles. The smallest absolute Gasteiger partial charge is 0.253 e. The van der Waals surface area contributed by atoms with Gasteiger partial charge in [-0.1, -0.05) is 129 Å². The SMILES string of the molecule is CCCCCCCCCCCCN(CCCCCCCCCCCC)C(=O)c1ccncc1. The van der Waals surface area contributed by atoms with Crippen LogP contribution in [0.3, 0.4) is 0 Å². The molecule has 0 fully saturated rings. The zero-order valence-corrected chi connectivity index (χ0v) is 22.2. The van der Waals surface area contributed by atoms with Gasteiger partial charge in [0.2, 0.25) is 0 Å². The van der Waals surface area contributed by atoms with Crippen molar-refractivity contribution in [2.45, 2.75) is 142 Å². The zero-order chi connectivity index (χ0) is 23.8. The topological polar surface area (TPSA) is 33.2 Å². The van der Waals surface area contributed by atoms with Gasteiger partial charge >= 0.3 is 0 Å². The molecule has 33 heavy (non-hydrogen) atoms. The molecule has 1 aromatic rings. The van der Waals surface area contributed by atoms with E-state index in [-0.39, 0.29) is 5.91 Å². The number of pyridine rings is 1. The standard InChI is InChI=1S/C30H54N2O/c1-3-5-7-9-11-13-15-17-19-21-27-32(30(33)29-23-25-31-26-24-29)28-22-20-18-16-14-12-10-8-6-4-2/h23-26H,3-22,27-28H2,1-2H3. The van der Waals surface area contributed by atoms with E-state index in [2.05, 4.69) is 23.7 Å². The van der Waals surface area contributed by atoms with Crippen molar-refractivity contribution in [3.05, 3.63) is 30.1 Å². The second-order valence-electron chi connectivity index (χ2n) is 9.89. The molecule has 0 spiro atoms. The molecule has 0 saturated heterocycles. The predicted molar refractivity (Wildman–Crippen MR) is 144 cm³/mol. The Morgan fingerprint density at radius 2 is 0.909 bits per heavy atom. The Morgan fingerprint density at radius 1 is 0.576 bits per heavy atom. The maximum absolute atomic E-state index is 13.0. The number of aromatic nitrogens is 1. The monoisotopic (exact) mass is 458 g/mol. The first-order valence-corrected chi connectivity index (χ1v) is 14.5. The van der Waals surface area contributed by atoms with E-state index in [0.29, 0.717) is 0 Å². The van der Waals surface area contributed by atoms with Crippen LogP contribution in [0.25, 0.3) is 0 Å². The minimum absolute atomic E-state index is 0.184. The van der Waals surface area contributed by atoms with Crippen molar-refractivity contribution in [3.8, 4) is 0 Å². The fraction of sp³-hybridized carbons (Fsp3) is 0.800. The Kier molecular flexibility index (Phi) is 20.1. The van der Waals surface area contributed by atoms with Crippen molar-refractivity contribution in [2.75, 3.05) is 13.1 Å². The maximum atomic E-state index is 13.0. The number of amides is 1. The summed E-state index contributed by atoms with van der Waals surface area (Å²) >= 11 is 0. The largest absolute Gasteiger partial charge is 0.339 e. The molecule has 1 aromatic heterocycles. The minimum Gasteiger partial charge on any atom is -0.339 e. The van der Waals surface area contributed by atoms with E-state index >= 15 is 0 Å². The van der Waals surface area contributed by atoms with Gasteiger partial charge in [-0.15, -0.1) is 0 Å². The molecule has 0 saturated carbocycles. The first-order valence-electron chi connectivity index (χ1n) is 14.5. The van der Waals surface area contributed by atoms with Gasteiger partial charge in [-0.3, -0.25) is 9.78 Å². The number of unbranched alkanes of at least 4 members (excludes halogenated alkanes) is 18. The van der Waals surface area contributed by atoms with Gasteiger partial charge in [0.25, 0.3) is 5.91 Å². The van der Waals surface area contributed by atoms with Gasteiger partial charge in [-0.2, -0.15) is 0 Å². The first-order chi connectivity index (χ1) is 16.3. The van der Waals surface area contributed by atoms with Crippen LogP contribution in [0.5, 0.6) is 0 Å². The van der Waals surface area contributed by atoms with Crippen LogP contribution in [0.1, 0.15) is 153 Å². The number of rotatable bonds is 23. The molecule has 0 radical (unpaired) electrons.